The molecule has 0 aromatic carbocycles. The van der Waals surface area contributed by atoms with E-state index in [0.717, 1.165) is 11.8 Å². The molecule has 0 spiro atoms. The van der Waals surface area contributed by atoms with Crippen molar-refractivity contribution in [2.24, 2.45) is 0 Å². The minimum atomic E-state index is -0.575. The van der Waals surface area contributed by atoms with Crippen LogP contribution in [0.15, 0.2) is 26.4 Å². The molecule has 1 atom stereocenters. The summed E-state index contributed by atoms with van der Waals surface area (Å²) in [7, 11) is 0. The average Bonchev–Trinajstić information content (AvgIpc) is 3.05. The molecule has 0 aliphatic heterocycles. The summed E-state index contributed by atoms with van der Waals surface area (Å²) in [6.07, 6.45) is 1.53. The highest BCUT2D eigenvalue weighted by Crippen LogP contribution is 2.28. The number of furan rings is 1. The monoisotopic (exact) mass is 352 g/mol. The lowest BCUT2D eigenvalue weighted by Gasteiger charge is -2.20. The summed E-state index contributed by atoms with van der Waals surface area (Å²) in [5, 5.41) is 12.4. The van der Waals surface area contributed by atoms with Crippen LogP contribution in [0.3, 0.4) is 0 Å². The first-order chi connectivity index (χ1) is 11.2. The van der Waals surface area contributed by atoms with Gasteiger partial charge in [0, 0.05) is 5.54 Å². The SMILES string of the molecule is Cc1occc1-c1nnc(S[C@H](C)C(=O)NC(=O)NC(C)(C)C)o1. The number of carbonyl (C=O) groups is 2. The molecule has 2 aromatic heterocycles. The second-order valence-corrected chi connectivity index (χ2v) is 7.51. The minimum absolute atomic E-state index is 0.240. The first kappa shape index (κ1) is 18.1. The van der Waals surface area contributed by atoms with Gasteiger partial charge >= 0.3 is 6.03 Å². The maximum absolute atomic E-state index is 12.0. The molecule has 8 nitrogen and oxygen atoms in total. The molecule has 2 aromatic rings. The summed E-state index contributed by atoms with van der Waals surface area (Å²) >= 11 is 1.07. The van der Waals surface area contributed by atoms with E-state index in [4.69, 9.17) is 8.83 Å². The van der Waals surface area contributed by atoms with Crippen LogP contribution in [-0.2, 0) is 4.79 Å². The minimum Gasteiger partial charge on any atom is -0.469 e. The van der Waals surface area contributed by atoms with Gasteiger partial charge in [0.1, 0.15) is 5.76 Å². The summed E-state index contributed by atoms with van der Waals surface area (Å²) < 4.78 is 10.7. The molecule has 0 radical (unpaired) electrons. The number of hydrogen-bond acceptors (Lipinski definition) is 7. The molecule has 2 rings (SSSR count). The standard InChI is InChI=1S/C15H20N4O4S/c1-8-10(6-7-22-8)12-18-19-14(23-12)24-9(2)11(20)16-13(21)17-15(3,4)5/h6-7,9H,1-5H3,(H2,16,17,20,21)/t9-/m1/s1. The zero-order valence-electron chi connectivity index (χ0n) is 14.2. The van der Waals surface area contributed by atoms with Crippen LogP contribution >= 0.6 is 11.8 Å². The highest BCUT2D eigenvalue weighted by molar-refractivity contribution is 8.00. The van der Waals surface area contributed by atoms with Gasteiger partial charge in [0.15, 0.2) is 0 Å². The number of nitrogens with zero attached hydrogens (tertiary/aromatic N) is 2. The van der Waals surface area contributed by atoms with E-state index in [1.54, 1.807) is 19.9 Å². The number of nitrogens with one attached hydrogen (secondary N) is 2. The topological polar surface area (TPSA) is 110 Å². The van der Waals surface area contributed by atoms with Crippen molar-refractivity contribution < 1.29 is 18.4 Å². The maximum atomic E-state index is 12.0. The Kier molecular flexibility index (Phi) is 5.33. The van der Waals surface area contributed by atoms with Gasteiger partial charge in [-0.2, -0.15) is 0 Å². The van der Waals surface area contributed by atoms with Gasteiger partial charge in [0.2, 0.25) is 5.91 Å². The molecule has 2 N–H and O–H groups in total. The zero-order valence-corrected chi connectivity index (χ0v) is 15.0. The number of thioether (sulfide) groups is 1. The van der Waals surface area contributed by atoms with Gasteiger partial charge in [-0.15, -0.1) is 10.2 Å². The Morgan fingerprint density at radius 1 is 1.29 bits per heavy atom. The van der Waals surface area contributed by atoms with E-state index in [0.29, 0.717) is 17.2 Å². The van der Waals surface area contributed by atoms with Crippen LogP contribution in [0, 0.1) is 6.92 Å². The van der Waals surface area contributed by atoms with Crippen LogP contribution < -0.4 is 10.6 Å². The largest absolute Gasteiger partial charge is 0.469 e. The van der Waals surface area contributed by atoms with Crippen LogP contribution in [0.25, 0.3) is 11.5 Å². The van der Waals surface area contributed by atoms with E-state index in [1.165, 1.54) is 6.26 Å². The van der Waals surface area contributed by atoms with Gasteiger partial charge in [0.05, 0.1) is 17.1 Å². The molecule has 0 bridgehead atoms. The average molecular weight is 352 g/mol. The smallest absolute Gasteiger partial charge is 0.321 e. The van der Waals surface area contributed by atoms with Crippen molar-refractivity contribution in [1.82, 2.24) is 20.8 Å². The molecule has 9 heteroatoms. The highest BCUT2D eigenvalue weighted by Gasteiger charge is 2.22. The molecule has 0 unspecified atom stereocenters. The van der Waals surface area contributed by atoms with Crippen molar-refractivity contribution >= 4 is 23.7 Å². The summed E-state index contributed by atoms with van der Waals surface area (Å²) in [4.78, 5) is 23.7. The van der Waals surface area contributed by atoms with Gasteiger partial charge in [-0.05, 0) is 40.7 Å². The number of aryl methyl sites for hydroxylation is 1. The summed E-state index contributed by atoms with van der Waals surface area (Å²) in [5.74, 6) is 0.544. The molecular weight excluding hydrogens is 332 g/mol. The molecule has 24 heavy (non-hydrogen) atoms. The van der Waals surface area contributed by atoms with Crippen molar-refractivity contribution in [2.75, 3.05) is 0 Å². The van der Waals surface area contributed by atoms with E-state index >= 15 is 0 Å². The lowest BCUT2D eigenvalue weighted by molar-refractivity contribution is -0.119. The van der Waals surface area contributed by atoms with E-state index in [1.807, 2.05) is 20.8 Å². The van der Waals surface area contributed by atoms with Crippen LogP contribution in [0.5, 0.6) is 0 Å². The lowest BCUT2D eigenvalue weighted by atomic mass is 10.1. The van der Waals surface area contributed by atoms with Gasteiger partial charge in [0.25, 0.3) is 11.1 Å². The highest BCUT2D eigenvalue weighted by atomic mass is 32.2. The second-order valence-electron chi connectivity index (χ2n) is 6.22. The fraction of sp³-hybridized carbons (Fsp3) is 0.467. The predicted octanol–water partition coefficient (Wildman–Crippen LogP) is 2.74. The Morgan fingerprint density at radius 3 is 2.58 bits per heavy atom. The molecule has 0 fully saturated rings. The fourth-order valence-corrected chi connectivity index (χ4v) is 2.45. The van der Waals surface area contributed by atoms with E-state index in [-0.39, 0.29) is 5.22 Å². The van der Waals surface area contributed by atoms with Crippen molar-refractivity contribution in [3.05, 3.63) is 18.1 Å². The molecule has 0 saturated carbocycles. The third kappa shape index (κ3) is 4.85. The number of hydrogen-bond donors (Lipinski definition) is 2. The molecular formula is C15H20N4O4S. The molecule has 0 saturated heterocycles. The van der Waals surface area contributed by atoms with Crippen LogP contribution in [0.4, 0.5) is 4.79 Å². The predicted molar refractivity (Wildman–Crippen MR) is 88.5 cm³/mol. The molecule has 2 heterocycles. The summed E-state index contributed by atoms with van der Waals surface area (Å²) in [5.41, 5.74) is 0.279. The third-order valence-corrected chi connectivity index (χ3v) is 3.80. The van der Waals surface area contributed by atoms with Crippen LogP contribution in [0.2, 0.25) is 0 Å². The Bertz CT molecular complexity index is 732. The first-order valence-corrected chi connectivity index (χ1v) is 8.21. The van der Waals surface area contributed by atoms with Crippen molar-refractivity contribution in [1.29, 1.82) is 0 Å². The van der Waals surface area contributed by atoms with E-state index in [9.17, 15) is 9.59 Å². The normalized spacial score (nSPS) is 12.7. The Balaban J connectivity index is 1.94. The van der Waals surface area contributed by atoms with E-state index < -0.39 is 22.7 Å². The van der Waals surface area contributed by atoms with E-state index in [2.05, 4.69) is 20.8 Å². The van der Waals surface area contributed by atoms with Crippen LogP contribution in [0.1, 0.15) is 33.5 Å². The van der Waals surface area contributed by atoms with Crippen molar-refractivity contribution in [3.63, 3.8) is 0 Å². The quantitative estimate of drug-likeness (QED) is 0.814. The number of rotatable bonds is 4. The molecule has 3 amide bonds. The Hall–Kier alpha value is -2.29. The van der Waals surface area contributed by atoms with Gasteiger partial charge in [-0.3, -0.25) is 10.1 Å². The Labute approximate surface area is 143 Å². The molecule has 130 valence electrons. The summed E-state index contributed by atoms with van der Waals surface area (Å²) in [6, 6.07) is 1.18. The number of carbonyl (C=O) groups excluding carboxylic acids is 2. The first-order valence-electron chi connectivity index (χ1n) is 7.33. The van der Waals surface area contributed by atoms with Crippen molar-refractivity contribution in [2.45, 2.75) is 50.6 Å². The van der Waals surface area contributed by atoms with Gasteiger partial charge in [-0.25, -0.2) is 4.79 Å². The Morgan fingerprint density at radius 2 is 2.00 bits per heavy atom. The second kappa shape index (κ2) is 7.08. The van der Waals surface area contributed by atoms with Crippen LogP contribution in [-0.4, -0.2) is 32.9 Å². The lowest BCUT2D eigenvalue weighted by Crippen LogP contribution is -2.49. The van der Waals surface area contributed by atoms with Crippen molar-refractivity contribution in [3.8, 4) is 11.5 Å². The summed E-state index contributed by atoms with van der Waals surface area (Å²) in [6.45, 7) is 8.92. The zero-order chi connectivity index (χ0) is 17.9. The molecule has 0 aliphatic rings. The molecule has 0 aliphatic carbocycles. The number of aromatic nitrogens is 2. The fourth-order valence-electron chi connectivity index (χ4n) is 1.76. The van der Waals surface area contributed by atoms with Gasteiger partial charge < -0.3 is 14.2 Å². The number of urea groups is 1. The maximum Gasteiger partial charge on any atom is 0.321 e. The number of imide groups is 1. The van der Waals surface area contributed by atoms with Gasteiger partial charge in [-0.1, -0.05) is 11.8 Å². The third-order valence-electron chi connectivity index (χ3n) is 2.87. The number of amides is 3.